The predicted molar refractivity (Wildman–Crippen MR) is 125 cm³/mol. The van der Waals surface area contributed by atoms with E-state index in [1.54, 1.807) is 12.1 Å². The molecule has 34 heavy (non-hydrogen) atoms. The highest BCUT2D eigenvalue weighted by Gasteiger charge is 2.63. The molecule has 3 aromatic heterocycles. The maximum absolute atomic E-state index is 14.5. The van der Waals surface area contributed by atoms with Crippen LogP contribution < -0.4 is 10.5 Å². The molecule has 1 aliphatic carbocycles. The molecule has 9 nitrogen and oxygen atoms in total. The van der Waals surface area contributed by atoms with Crippen molar-refractivity contribution in [2.75, 3.05) is 5.73 Å². The van der Waals surface area contributed by atoms with Crippen molar-refractivity contribution in [3.63, 3.8) is 0 Å². The zero-order valence-electron chi connectivity index (χ0n) is 17.4. The van der Waals surface area contributed by atoms with Crippen LogP contribution in [-0.4, -0.2) is 53.6 Å². The second-order valence-electron chi connectivity index (χ2n) is 8.55. The molecule has 0 radical (unpaired) electrons. The zero-order chi connectivity index (χ0) is 23.8. The second-order valence-corrected chi connectivity index (χ2v) is 9.74. The summed E-state index contributed by atoms with van der Waals surface area (Å²) in [4.78, 5) is 12.2. The van der Waals surface area contributed by atoms with Gasteiger partial charge in [0.2, 0.25) is 5.28 Å². The van der Waals surface area contributed by atoms with E-state index in [0.29, 0.717) is 28.0 Å². The number of nitrogens with zero attached hydrogens (tertiary/aromatic N) is 4. The van der Waals surface area contributed by atoms with Crippen molar-refractivity contribution in [2.45, 2.75) is 43.0 Å². The van der Waals surface area contributed by atoms with Gasteiger partial charge in [-0.05, 0) is 58.6 Å². The first-order valence-corrected chi connectivity index (χ1v) is 11.7. The van der Waals surface area contributed by atoms with E-state index in [-0.39, 0.29) is 22.7 Å². The Hall–Kier alpha value is -2.57. The van der Waals surface area contributed by atoms with Crippen LogP contribution >= 0.6 is 27.5 Å². The normalized spacial score (nSPS) is 28.6. The van der Waals surface area contributed by atoms with E-state index < -0.39 is 36.0 Å². The quantitative estimate of drug-likeness (QED) is 0.331. The van der Waals surface area contributed by atoms with Crippen LogP contribution in [0.2, 0.25) is 5.28 Å². The van der Waals surface area contributed by atoms with Gasteiger partial charge in [0, 0.05) is 23.8 Å². The number of anilines is 1. The summed E-state index contributed by atoms with van der Waals surface area (Å²) < 4.78 is 28.7. The average molecular weight is 551 g/mol. The van der Waals surface area contributed by atoms with Crippen molar-refractivity contribution in [1.82, 2.24) is 19.5 Å². The number of nitrogens with two attached hydrogens (primary N) is 1. The molecular formula is C22H18BrClFN5O4. The topological polar surface area (TPSA) is 129 Å². The van der Waals surface area contributed by atoms with Crippen LogP contribution in [0, 0.1) is 5.82 Å². The van der Waals surface area contributed by atoms with Crippen molar-refractivity contribution in [2.24, 2.45) is 0 Å². The van der Waals surface area contributed by atoms with Crippen molar-refractivity contribution in [3.8, 4) is 5.75 Å². The number of hydrogen-bond donors (Lipinski definition) is 3. The van der Waals surface area contributed by atoms with Gasteiger partial charge in [0.1, 0.15) is 41.1 Å². The molecule has 4 aromatic rings. The Balaban J connectivity index is 1.31. The third-order valence-electron chi connectivity index (χ3n) is 6.55. The van der Waals surface area contributed by atoms with Crippen molar-refractivity contribution >= 4 is 55.3 Å². The Morgan fingerprint density at radius 1 is 1.32 bits per heavy atom. The lowest BCUT2D eigenvalue weighted by atomic mass is 9.94. The van der Waals surface area contributed by atoms with Gasteiger partial charge in [0.25, 0.3) is 0 Å². The third-order valence-corrected chi connectivity index (χ3v) is 7.37. The number of fused-ring (bicyclic) bond motifs is 3. The van der Waals surface area contributed by atoms with Crippen LogP contribution in [0.5, 0.6) is 5.75 Å². The highest BCUT2D eigenvalue weighted by Crippen LogP contribution is 2.48. The summed E-state index contributed by atoms with van der Waals surface area (Å²) in [5, 5.41) is 23.2. The van der Waals surface area contributed by atoms with Gasteiger partial charge in [-0.3, -0.25) is 0 Å². The van der Waals surface area contributed by atoms with E-state index in [4.69, 9.17) is 26.8 Å². The van der Waals surface area contributed by atoms with Gasteiger partial charge in [-0.25, -0.2) is 14.4 Å². The summed E-state index contributed by atoms with van der Waals surface area (Å²) in [6.45, 7) is 0. The van der Waals surface area contributed by atoms with Crippen LogP contribution in [0.4, 0.5) is 10.2 Å². The van der Waals surface area contributed by atoms with Crippen molar-refractivity contribution in [1.29, 1.82) is 0 Å². The maximum atomic E-state index is 14.5. The lowest BCUT2D eigenvalue weighted by molar-refractivity contribution is -0.0791. The molecule has 12 heteroatoms. The van der Waals surface area contributed by atoms with E-state index in [1.807, 2.05) is 12.1 Å². The Morgan fingerprint density at radius 3 is 2.97 bits per heavy atom. The van der Waals surface area contributed by atoms with Gasteiger partial charge >= 0.3 is 0 Å². The van der Waals surface area contributed by atoms with E-state index >= 15 is 0 Å². The van der Waals surface area contributed by atoms with E-state index in [1.165, 1.54) is 10.8 Å². The summed E-state index contributed by atoms with van der Waals surface area (Å²) in [7, 11) is 0. The molecule has 5 atom stereocenters. The van der Waals surface area contributed by atoms with E-state index in [0.717, 1.165) is 11.6 Å². The fourth-order valence-corrected chi connectivity index (χ4v) is 5.33. The lowest BCUT2D eigenvalue weighted by Gasteiger charge is -2.26. The highest BCUT2D eigenvalue weighted by molar-refractivity contribution is 9.10. The van der Waals surface area contributed by atoms with Gasteiger partial charge in [0.05, 0.1) is 15.4 Å². The third kappa shape index (κ3) is 3.26. The first kappa shape index (κ1) is 21.9. The SMILES string of the molecule is Nc1nc2cc(O[C@H]3CC[C@@]4(O)[C@@H]3O[C@@H](n3cc(F)c5cnc(Cl)nc53)[C@@H]4O)ccc2cc1Br. The molecule has 4 heterocycles. The first-order valence-electron chi connectivity index (χ1n) is 10.5. The van der Waals surface area contributed by atoms with Gasteiger partial charge < -0.3 is 30.0 Å². The fourth-order valence-electron chi connectivity index (χ4n) is 4.87. The molecule has 0 spiro atoms. The predicted octanol–water partition coefficient (Wildman–Crippen LogP) is 3.35. The molecule has 0 amide bonds. The monoisotopic (exact) mass is 549 g/mol. The second kappa shape index (κ2) is 7.72. The van der Waals surface area contributed by atoms with E-state index in [2.05, 4.69) is 30.9 Å². The van der Waals surface area contributed by atoms with Crippen LogP contribution in [-0.2, 0) is 4.74 Å². The van der Waals surface area contributed by atoms with Gasteiger partial charge in [-0.15, -0.1) is 0 Å². The summed E-state index contributed by atoms with van der Waals surface area (Å²) in [6, 6.07) is 7.27. The number of nitrogen functional groups attached to an aromatic ring is 1. The minimum absolute atomic E-state index is 0.0722. The Bertz CT molecular complexity index is 1450. The summed E-state index contributed by atoms with van der Waals surface area (Å²) in [5.41, 5.74) is 5.13. The Morgan fingerprint density at radius 2 is 2.15 bits per heavy atom. The molecule has 176 valence electrons. The van der Waals surface area contributed by atoms with Crippen LogP contribution in [0.25, 0.3) is 21.9 Å². The standard InChI is InChI=1S/C22H18BrClFN5O4/c23-12-5-9-1-2-10(6-14(9)28-18(12)26)33-15-3-4-22(32)16(31)20(34-17(15)22)30-8-13(25)11-7-27-21(24)29-19(11)30/h1-2,5-8,15-17,20,31-32H,3-4H2,(H2,26,28)/t15-,16-,17+,20+,22-/m0/s1. The van der Waals surface area contributed by atoms with Crippen LogP contribution in [0.1, 0.15) is 19.1 Å². The first-order chi connectivity index (χ1) is 16.2. The summed E-state index contributed by atoms with van der Waals surface area (Å²) in [6.07, 6.45) is -0.736. The number of pyridine rings is 1. The number of ether oxygens (including phenoxy) is 2. The molecule has 1 aromatic carbocycles. The molecule has 1 saturated carbocycles. The molecule has 2 aliphatic rings. The number of aliphatic hydroxyl groups is 2. The van der Waals surface area contributed by atoms with Gasteiger partial charge in [0.15, 0.2) is 12.0 Å². The molecule has 4 N–H and O–H groups in total. The molecular weight excluding hydrogens is 533 g/mol. The van der Waals surface area contributed by atoms with Gasteiger partial charge in [-0.1, -0.05) is 0 Å². The molecule has 6 rings (SSSR count). The smallest absolute Gasteiger partial charge is 0.224 e. The van der Waals surface area contributed by atoms with Crippen LogP contribution in [0.3, 0.4) is 0 Å². The molecule has 1 saturated heterocycles. The number of aromatic nitrogens is 4. The van der Waals surface area contributed by atoms with Crippen molar-refractivity contribution in [3.05, 3.63) is 52.2 Å². The number of halogens is 3. The number of aliphatic hydroxyl groups excluding tert-OH is 1. The van der Waals surface area contributed by atoms with Gasteiger partial charge in [-0.2, -0.15) is 4.98 Å². The zero-order valence-corrected chi connectivity index (χ0v) is 19.7. The number of rotatable bonds is 3. The molecule has 2 fully saturated rings. The lowest BCUT2D eigenvalue weighted by Crippen LogP contribution is -2.47. The minimum Gasteiger partial charge on any atom is -0.488 e. The summed E-state index contributed by atoms with van der Waals surface area (Å²) >= 11 is 9.26. The Labute approximate surface area is 205 Å². The largest absolute Gasteiger partial charge is 0.488 e. The number of hydrogen-bond acceptors (Lipinski definition) is 8. The highest BCUT2D eigenvalue weighted by atomic mass is 79.9. The molecule has 0 bridgehead atoms. The number of benzene rings is 1. The molecule has 1 aliphatic heterocycles. The molecule has 0 unspecified atom stereocenters. The van der Waals surface area contributed by atoms with Crippen molar-refractivity contribution < 1.29 is 24.1 Å². The fraction of sp³-hybridized carbons (Fsp3) is 0.318. The maximum Gasteiger partial charge on any atom is 0.224 e. The average Bonchev–Trinajstić information content (AvgIpc) is 3.38. The van der Waals surface area contributed by atoms with Crippen LogP contribution in [0.15, 0.2) is 41.1 Å². The Kier molecular flexibility index (Phi) is 4.98. The van der Waals surface area contributed by atoms with E-state index in [9.17, 15) is 14.6 Å². The minimum atomic E-state index is -1.58. The summed E-state index contributed by atoms with van der Waals surface area (Å²) in [5.74, 6) is 0.295.